The number of hydrogen-bond donors (Lipinski definition) is 3. The lowest BCUT2D eigenvalue weighted by Gasteiger charge is -2.09. The lowest BCUT2D eigenvalue weighted by Crippen LogP contribution is -2.35. The summed E-state index contributed by atoms with van der Waals surface area (Å²) in [5.41, 5.74) is 5.03. The number of sulfonamides is 1. The van der Waals surface area contributed by atoms with E-state index in [2.05, 4.69) is 10.0 Å². The van der Waals surface area contributed by atoms with Gasteiger partial charge in [-0.15, -0.1) is 12.4 Å². The first-order valence-corrected chi connectivity index (χ1v) is 8.47. The monoisotopic (exact) mass is 380 g/mol. The van der Waals surface area contributed by atoms with Crippen LogP contribution in [-0.2, 0) is 14.8 Å². The average Bonchev–Trinajstić information content (AvgIpc) is 2.49. The fourth-order valence-corrected chi connectivity index (χ4v) is 2.95. The number of carbonyl (C=O) groups is 1. The normalized spacial score (nSPS) is 12.1. The predicted octanol–water partition coefficient (Wildman–Crippen LogP) is 0.539. The average molecular weight is 381 g/mol. The highest BCUT2D eigenvalue weighted by atomic mass is 35.5. The Morgan fingerprint density at radius 2 is 1.96 bits per heavy atom. The summed E-state index contributed by atoms with van der Waals surface area (Å²) in [6.07, 6.45) is 0.794. The van der Waals surface area contributed by atoms with Crippen LogP contribution in [0.3, 0.4) is 0 Å². The van der Waals surface area contributed by atoms with Crippen molar-refractivity contribution in [3.05, 3.63) is 34.4 Å². The Labute approximate surface area is 146 Å². The van der Waals surface area contributed by atoms with Gasteiger partial charge in [-0.3, -0.25) is 14.9 Å². The minimum absolute atomic E-state index is 0. The Hall–Kier alpha value is -1.75. The molecule has 0 heterocycles. The fraction of sp³-hybridized carbons (Fsp3) is 0.462. The molecule has 9 nitrogen and oxygen atoms in total. The molecule has 0 radical (unpaired) electrons. The fourth-order valence-electron chi connectivity index (χ4n) is 1.75. The highest BCUT2D eigenvalue weighted by Crippen LogP contribution is 2.22. The largest absolute Gasteiger partial charge is 0.355 e. The molecule has 1 unspecified atom stereocenters. The summed E-state index contributed by atoms with van der Waals surface area (Å²) in [6.45, 7) is 1.80. The maximum atomic E-state index is 12.1. The molecule has 0 aliphatic rings. The quantitative estimate of drug-likeness (QED) is 0.324. The van der Waals surface area contributed by atoms with E-state index in [1.54, 1.807) is 6.92 Å². The molecule has 0 spiro atoms. The minimum atomic E-state index is -4.02. The highest BCUT2D eigenvalue weighted by Gasteiger charge is 2.24. The van der Waals surface area contributed by atoms with E-state index in [-0.39, 0.29) is 43.9 Å². The van der Waals surface area contributed by atoms with E-state index in [1.165, 1.54) is 12.1 Å². The maximum Gasteiger partial charge on any atom is 0.289 e. The Kier molecular flexibility index (Phi) is 9.44. The van der Waals surface area contributed by atoms with Gasteiger partial charge in [0, 0.05) is 31.6 Å². The van der Waals surface area contributed by atoms with Crippen molar-refractivity contribution in [3.63, 3.8) is 0 Å². The van der Waals surface area contributed by atoms with Gasteiger partial charge in [-0.25, -0.2) is 13.1 Å². The molecular formula is C13H21ClN4O5S. The topological polar surface area (TPSA) is 144 Å². The Bertz CT molecular complexity index is 666. The van der Waals surface area contributed by atoms with Crippen LogP contribution in [0.5, 0.6) is 0 Å². The Balaban J connectivity index is 0.00000529. The molecule has 24 heavy (non-hydrogen) atoms. The predicted molar refractivity (Wildman–Crippen MR) is 91.4 cm³/mol. The number of nitro groups is 1. The van der Waals surface area contributed by atoms with E-state index in [0.29, 0.717) is 6.42 Å². The van der Waals surface area contributed by atoms with Crippen molar-refractivity contribution in [2.75, 3.05) is 13.1 Å². The number of rotatable bonds is 9. The SMILES string of the molecule is CC(N)CCC(=O)NCCNS(=O)(=O)c1ccccc1[N+](=O)[O-].Cl. The molecule has 11 heteroatoms. The van der Waals surface area contributed by atoms with Crippen molar-refractivity contribution in [2.24, 2.45) is 5.73 Å². The van der Waals surface area contributed by atoms with Crippen LogP contribution < -0.4 is 15.8 Å². The smallest absolute Gasteiger partial charge is 0.289 e. The molecule has 4 N–H and O–H groups in total. The van der Waals surface area contributed by atoms with Gasteiger partial charge in [-0.05, 0) is 19.4 Å². The van der Waals surface area contributed by atoms with E-state index in [1.807, 2.05) is 0 Å². The van der Waals surface area contributed by atoms with Crippen LogP contribution >= 0.6 is 12.4 Å². The number of amides is 1. The zero-order valence-electron chi connectivity index (χ0n) is 13.1. The van der Waals surface area contributed by atoms with E-state index < -0.39 is 25.5 Å². The first kappa shape index (κ1) is 22.2. The Morgan fingerprint density at radius 3 is 2.54 bits per heavy atom. The molecule has 0 saturated heterocycles. The number of carbonyl (C=O) groups excluding carboxylic acids is 1. The van der Waals surface area contributed by atoms with Crippen molar-refractivity contribution in [1.29, 1.82) is 0 Å². The molecule has 0 saturated carbocycles. The third-order valence-electron chi connectivity index (χ3n) is 2.92. The van der Waals surface area contributed by atoms with Gasteiger partial charge in [-0.1, -0.05) is 12.1 Å². The van der Waals surface area contributed by atoms with Gasteiger partial charge in [0.1, 0.15) is 0 Å². The molecule has 1 atom stereocenters. The second-order valence-electron chi connectivity index (χ2n) is 4.99. The van der Waals surface area contributed by atoms with Gasteiger partial charge in [0.2, 0.25) is 15.9 Å². The first-order valence-electron chi connectivity index (χ1n) is 6.99. The molecular weight excluding hydrogens is 360 g/mol. The number of nitrogens with zero attached hydrogens (tertiary/aromatic N) is 1. The summed E-state index contributed by atoms with van der Waals surface area (Å²) in [5, 5.41) is 13.4. The van der Waals surface area contributed by atoms with Crippen LogP contribution in [0.2, 0.25) is 0 Å². The summed E-state index contributed by atoms with van der Waals surface area (Å²) >= 11 is 0. The zero-order chi connectivity index (χ0) is 17.5. The molecule has 0 fully saturated rings. The van der Waals surface area contributed by atoms with Crippen molar-refractivity contribution in [1.82, 2.24) is 10.0 Å². The number of nitro benzene ring substituents is 1. The van der Waals surface area contributed by atoms with E-state index in [0.717, 1.165) is 12.1 Å². The first-order chi connectivity index (χ1) is 10.7. The summed E-state index contributed by atoms with van der Waals surface area (Å²) in [6, 6.07) is 4.97. The third-order valence-corrected chi connectivity index (χ3v) is 4.43. The summed E-state index contributed by atoms with van der Waals surface area (Å²) in [5.74, 6) is -0.229. The van der Waals surface area contributed by atoms with Gasteiger partial charge < -0.3 is 11.1 Å². The van der Waals surface area contributed by atoms with Gasteiger partial charge in [0.15, 0.2) is 4.90 Å². The molecule has 1 aromatic rings. The zero-order valence-corrected chi connectivity index (χ0v) is 14.7. The Morgan fingerprint density at radius 1 is 1.33 bits per heavy atom. The van der Waals surface area contributed by atoms with Crippen molar-refractivity contribution < 1.29 is 18.1 Å². The number of benzene rings is 1. The van der Waals surface area contributed by atoms with E-state index >= 15 is 0 Å². The van der Waals surface area contributed by atoms with Crippen LogP contribution in [-0.4, -0.2) is 38.4 Å². The van der Waals surface area contributed by atoms with Gasteiger partial charge in [0.25, 0.3) is 5.69 Å². The second-order valence-corrected chi connectivity index (χ2v) is 6.72. The lowest BCUT2D eigenvalue weighted by molar-refractivity contribution is -0.387. The maximum absolute atomic E-state index is 12.1. The van der Waals surface area contributed by atoms with Crippen LogP contribution in [0.25, 0.3) is 0 Å². The molecule has 0 aliphatic carbocycles. The van der Waals surface area contributed by atoms with Gasteiger partial charge >= 0.3 is 0 Å². The molecule has 136 valence electrons. The van der Waals surface area contributed by atoms with E-state index in [4.69, 9.17) is 5.73 Å². The summed E-state index contributed by atoms with van der Waals surface area (Å²) in [7, 11) is -4.02. The third kappa shape index (κ3) is 7.21. The van der Waals surface area contributed by atoms with Crippen LogP contribution in [0.1, 0.15) is 19.8 Å². The number of halogens is 1. The van der Waals surface area contributed by atoms with Crippen molar-refractivity contribution >= 4 is 34.0 Å². The van der Waals surface area contributed by atoms with E-state index in [9.17, 15) is 23.3 Å². The summed E-state index contributed by atoms with van der Waals surface area (Å²) in [4.78, 5) is 21.1. The van der Waals surface area contributed by atoms with Crippen LogP contribution in [0.15, 0.2) is 29.2 Å². The van der Waals surface area contributed by atoms with Crippen LogP contribution in [0.4, 0.5) is 5.69 Å². The minimum Gasteiger partial charge on any atom is -0.355 e. The van der Waals surface area contributed by atoms with Gasteiger partial charge in [0.05, 0.1) is 4.92 Å². The number of hydrogen-bond acceptors (Lipinski definition) is 6. The standard InChI is InChI=1S/C13H20N4O5S.ClH/c1-10(14)6-7-13(18)15-8-9-16-23(21,22)12-5-3-2-4-11(12)17(19)20;/h2-5,10,16H,6-9,14H2,1H3,(H,15,18);1H. The molecule has 0 aliphatic heterocycles. The molecule has 0 bridgehead atoms. The van der Waals surface area contributed by atoms with Crippen molar-refractivity contribution in [3.8, 4) is 0 Å². The summed E-state index contributed by atoms with van der Waals surface area (Å²) < 4.78 is 26.4. The van der Waals surface area contributed by atoms with Crippen molar-refractivity contribution in [2.45, 2.75) is 30.7 Å². The van der Waals surface area contributed by atoms with Crippen LogP contribution in [0, 0.1) is 10.1 Å². The molecule has 1 rings (SSSR count). The molecule has 1 amide bonds. The van der Waals surface area contributed by atoms with Gasteiger partial charge in [-0.2, -0.15) is 0 Å². The number of nitrogens with two attached hydrogens (primary N) is 1. The number of nitrogens with one attached hydrogen (secondary N) is 2. The highest BCUT2D eigenvalue weighted by molar-refractivity contribution is 7.89. The number of para-hydroxylation sites is 1. The molecule has 0 aromatic heterocycles. The molecule has 1 aromatic carbocycles. The second kappa shape index (κ2) is 10.2. The lowest BCUT2D eigenvalue weighted by atomic mass is 10.2.